The van der Waals surface area contributed by atoms with Crippen molar-refractivity contribution in [2.24, 2.45) is 7.05 Å². The summed E-state index contributed by atoms with van der Waals surface area (Å²) in [6, 6.07) is 0.967. The lowest BCUT2D eigenvalue weighted by molar-refractivity contribution is -0.141. The molecule has 0 bridgehead atoms. The Morgan fingerprint density at radius 3 is 2.68 bits per heavy atom. The number of thioether (sulfide) groups is 1. The fraction of sp³-hybridized carbons (Fsp3) is 0.238. The van der Waals surface area contributed by atoms with Gasteiger partial charge in [-0.2, -0.15) is 13.2 Å². The van der Waals surface area contributed by atoms with Crippen molar-refractivity contribution in [1.82, 2.24) is 14.5 Å². The molecule has 10 heteroatoms. The van der Waals surface area contributed by atoms with Crippen LogP contribution in [0.4, 0.5) is 13.2 Å². The average molecular weight is 504 g/mol. The summed E-state index contributed by atoms with van der Waals surface area (Å²) in [5.41, 5.74) is 0.669. The maximum absolute atomic E-state index is 13.1. The number of hydrogen-bond acceptors (Lipinski definition) is 4. The first-order valence-corrected chi connectivity index (χ1v) is 11.7. The van der Waals surface area contributed by atoms with E-state index in [0.717, 1.165) is 32.0 Å². The van der Waals surface area contributed by atoms with Crippen LogP contribution in [-0.4, -0.2) is 20.3 Å². The third-order valence-corrected chi connectivity index (χ3v) is 7.72. The van der Waals surface area contributed by atoms with Crippen molar-refractivity contribution in [1.29, 1.82) is 0 Å². The van der Waals surface area contributed by atoms with Gasteiger partial charge >= 0.3 is 6.18 Å². The molecule has 0 aromatic carbocycles. The van der Waals surface area contributed by atoms with E-state index in [-0.39, 0.29) is 5.52 Å². The second-order valence-electron chi connectivity index (χ2n) is 6.49. The molecule has 0 aliphatic heterocycles. The number of allylic oxidation sites excluding steroid dienone is 5. The van der Waals surface area contributed by atoms with Crippen molar-refractivity contribution in [3.05, 3.63) is 57.7 Å². The van der Waals surface area contributed by atoms with Crippen LogP contribution in [0.2, 0.25) is 5.02 Å². The summed E-state index contributed by atoms with van der Waals surface area (Å²) in [5, 5.41) is 1.09. The molecule has 3 nitrogen and oxygen atoms in total. The van der Waals surface area contributed by atoms with Gasteiger partial charge in [-0.3, -0.25) is 0 Å². The van der Waals surface area contributed by atoms with Crippen molar-refractivity contribution < 1.29 is 13.2 Å². The van der Waals surface area contributed by atoms with Crippen molar-refractivity contribution in [3.63, 3.8) is 0 Å². The standard InChI is InChI=1S/C21H18Cl2F3N3S2/c1-5-12(22)8-7-11(3)17-16(23)18(30-6-2)19(31-17)20-28-13-9-15(21(24,25)26)27-10-14(13)29(20)4/h5,7-10H,1,6H2,2-4H3/b11-7+,12-8+. The van der Waals surface area contributed by atoms with Gasteiger partial charge < -0.3 is 4.57 Å². The number of thiophene rings is 1. The van der Waals surface area contributed by atoms with Crippen molar-refractivity contribution >= 4 is 62.9 Å². The van der Waals surface area contributed by atoms with E-state index in [9.17, 15) is 13.2 Å². The van der Waals surface area contributed by atoms with Gasteiger partial charge in [0, 0.05) is 17.0 Å². The average Bonchev–Trinajstić information content (AvgIpc) is 3.22. The fourth-order valence-electron chi connectivity index (χ4n) is 2.87. The highest BCUT2D eigenvalue weighted by Crippen LogP contribution is 2.48. The summed E-state index contributed by atoms with van der Waals surface area (Å²) in [4.78, 5) is 10.5. The molecule has 0 saturated heterocycles. The van der Waals surface area contributed by atoms with Gasteiger partial charge in [0.15, 0.2) is 5.82 Å². The lowest BCUT2D eigenvalue weighted by atomic mass is 10.2. The van der Waals surface area contributed by atoms with Gasteiger partial charge in [-0.25, -0.2) is 9.97 Å². The largest absolute Gasteiger partial charge is 0.433 e. The molecule has 0 aliphatic carbocycles. The fourth-order valence-corrected chi connectivity index (χ4v) is 5.71. The van der Waals surface area contributed by atoms with Gasteiger partial charge in [-0.15, -0.1) is 23.1 Å². The maximum Gasteiger partial charge on any atom is 0.433 e. The van der Waals surface area contributed by atoms with Crippen LogP contribution in [0.25, 0.3) is 27.3 Å². The Bertz CT molecular complexity index is 1210. The van der Waals surface area contributed by atoms with Crippen molar-refractivity contribution in [2.45, 2.75) is 24.9 Å². The smallest absolute Gasteiger partial charge is 0.325 e. The minimum Gasteiger partial charge on any atom is -0.325 e. The highest BCUT2D eigenvalue weighted by molar-refractivity contribution is 7.99. The number of imidazole rings is 1. The van der Waals surface area contributed by atoms with E-state index in [4.69, 9.17) is 23.2 Å². The molecule has 0 atom stereocenters. The summed E-state index contributed by atoms with van der Waals surface area (Å²) in [6.07, 6.45) is 1.78. The molecular formula is C21H18Cl2F3N3S2. The van der Waals surface area contributed by atoms with Crippen LogP contribution >= 0.6 is 46.3 Å². The number of aromatic nitrogens is 3. The summed E-state index contributed by atoms with van der Waals surface area (Å²) < 4.78 is 40.9. The molecule has 164 valence electrons. The van der Waals surface area contributed by atoms with Crippen molar-refractivity contribution in [2.75, 3.05) is 5.75 Å². The van der Waals surface area contributed by atoms with Gasteiger partial charge in [0.05, 0.1) is 32.0 Å². The number of aryl methyl sites for hydroxylation is 1. The SMILES string of the molecule is C=C/C(Cl)=C\C=C(/C)c1sc(-c2nc3cc(C(F)(F)F)ncc3n2C)c(SCC)c1Cl. The predicted molar refractivity (Wildman–Crippen MR) is 126 cm³/mol. The first kappa shape index (κ1) is 23.9. The Kier molecular flexibility index (Phi) is 7.25. The van der Waals surface area contributed by atoms with Gasteiger partial charge in [0.1, 0.15) is 5.69 Å². The minimum absolute atomic E-state index is 0.228. The van der Waals surface area contributed by atoms with Gasteiger partial charge in [0.25, 0.3) is 0 Å². The van der Waals surface area contributed by atoms with E-state index in [2.05, 4.69) is 16.5 Å². The molecule has 0 unspecified atom stereocenters. The molecule has 0 N–H and O–H groups in total. The van der Waals surface area contributed by atoms with E-state index < -0.39 is 11.9 Å². The molecule has 3 heterocycles. The zero-order chi connectivity index (χ0) is 22.9. The third-order valence-electron chi connectivity index (χ3n) is 4.40. The number of alkyl halides is 3. The zero-order valence-corrected chi connectivity index (χ0v) is 20.0. The number of rotatable bonds is 6. The number of pyridine rings is 1. The molecule has 0 aliphatic rings. The quantitative estimate of drug-likeness (QED) is 0.251. The summed E-state index contributed by atoms with van der Waals surface area (Å²) in [6.45, 7) is 7.54. The molecular weight excluding hydrogens is 486 g/mol. The van der Waals surface area contributed by atoms with Crippen LogP contribution < -0.4 is 0 Å². The Morgan fingerprint density at radius 2 is 2.06 bits per heavy atom. The van der Waals surface area contributed by atoms with Crippen LogP contribution in [0.1, 0.15) is 24.4 Å². The van der Waals surface area contributed by atoms with Gasteiger partial charge in [-0.1, -0.05) is 48.9 Å². The van der Waals surface area contributed by atoms with E-state index in [0.29, 0.717) is 21.4 Å². The van der Waals surface area contributed by atoms with Crippen LogP contribution in [0, 0.1) is 0 Å². The van der Waals surface area contributed by atoms with E-state index >= 15 is 0 Å². The molecule has 3 aromatic heterocycles. The maximum atomic E-state index is 13.1. The predicted octanol–water partition coefficient (Wildman–Crippen LogP) is 8.19. The summed E-state index contributed by atoms with van der Waals surface area (Å²) in [5.74, 6) is 1.31. The Hall–Kier alpha value is -1.74. The summed E-state index contributed by atoms with van der Waals surface area (Å²) in [7, 11) is 1.75. The number of halogens is 5. The highest BCUT2D eigenvalue weighted by Gasteiger charge is 2.33. The van der Waals surface area contributed by atoms with E-state index in [1.165, 1.54) is 23.6 Å². The number of fused-ring (bicyclic) bond motifs is 1. The van der Waals surface area contributed by atoms with Crippen LogP contribution in [0.5, 0.6) is 0 Å². The zero-order valence-electron chi connectivity index (χ0n) is 16.8. The van der Waals surface area contributed by atoms with E-state index in [1.807, 2.05) is 19.9 Å². The van der Waals surface area contributed by atoms with Crippen molar-refractivity contribution in [3.8, 4) is 10.7 Å². The normalized spacial score (nSPS) is 13.3. The molecule has 0 saturated carbocycles. The Morgan fingerprint density at radius 1 is 1.35 bits per heavy atom. The molecule has 0 spiro atoms. The Labute approximate surface area is 196 Å². The van der Waals surface area contributed by atoms with E-state index in [1.54, 1.807) is 29.5 Å². The van der Waals surface area contributed by atoms with Gasteiger partial charge in [-0.05, 0) is 30.4 Å². The second kappa shape index (κ2) is 9.40. The molecule has 3 aromatic rings. The third kappa shape index (κ3) is 4.87. The number of hydrogen-bond donors (Lipinski definition) is 0. The monoisotopic (exact) mass is 503 g/mol. The van der Waals surface area contributed by atoms with Gasteiger partial charge in [0.2, 0.25) is 0 Å². The molecule has 0 fully saturated rings. The molecule has 3 rings (SSSR count). The first-order valence-electron chi connectivity index (χ1n) is 9.10. The molecule has 0 amide bonds. The Balaban J connectivity index is 2.19. The topological polar surface area (TPSA) is 30.7 Å². The minimum atomic E-state index is -4.53. The lowest BCUT2D eigenvalue weighted by Crippen LogP contribution is -2.07. The number of nitrogens with zero attached hydrogens (tertiary/aromatic N) is 3. The molecule has 31 heavy (non-hydrogen) atoms. The molecule has 0 radical (unpaired) electrons. The van der Waals surface area contributed by atoms with Crippen LogP contribution in [0.3, 0.4) is 0 Å². The lowest BCUT2D eigenvalue weighted by Gasteiger charge is -2.05. The highest BCUT2D eigenvalue weighted by atomic mass is 35.5. The second-order valence-corrected chi connectivity index (χ2v) is 9.60. The first-order chi connectivity index (χ1) is 14.6. The van der Waals surface area contributed by atoms with Crippen LogP contribution in [0.15, 0.2) is 47.0 Å². The summed E-state index contributed by atoms with van der Waals surface area (Å²) >= 11 is 15.7. The van der Waals surface area contributed by atoms with Crippen LogP contribution in [-0.2, 0) is 13.2 Å².